The van der Waals surface area contributed by atoms with Crippen molar-refractivity contribution in [2.24, 2.45) is 0 Å². The third-order valence-electron chi connectivity index (χ3n) is 2.16. The molecule has 0 spiro atoms. The molecule has 0 radical (unpaired) electrons. The molecule has 0 aromatic heterocycles. The first-order valence-corrected chi connectivity index (χ1v) is 6.01. The van der Waals surface area contributed by atoms with Crippen LogP contribution in [0, 0.1) is 0 Å². The minimum atomic E-state index is -0.802. The fourth-order valence-corrected chi connectivity index (χ4v) is 1.66. The topological polar surface area (TPSA) is 37.4 Å². The van der Waals surface area contributed by atoms with E-state index in [0.717, 1.165) is 24.2 Å². The van der Waals surface area contributed by atoms with Crippen LogP contribution in [0.3, 0.4) is 0 Å². The van der Waals surface area contributed by atoms with E-state index in [1.807, 2.05) is 0 Å². The molecule has 3 nitrogen and oxygen atoms in total. The number of nitrogens with zero attached hydrogens (tertiary/aromatic N) is 1. The van der Waals surface area contributed by atoms with Crippen molar-refractivity contribution in [1.29, 1.82) is 0 Å². The Hall–Kier alpha value is -0.280. The van der Waals surface area contributed by atoms with Crippen LogP contribution in [0.15, 0.2) is 0 Å². The number of hydrogen-bond donors (Lipinski definition) is 0. The molecular formula is C10H17Cl2NO2. The molecule has 0 bridgehead atoms. The number of rotatable bonds is 7. The standard InChI is InChI=1S/C10H17Cl2NO2/c1-2-3-4-5-6-7-8-13(9(11)14)10(12)15/h2-8H2,1H3. The Labute approximate surface area is 101 Å². The zero-order valence-corrected chi connectivity index (χ0v) is 10.5. The Balaban J connectivity index is 3.55. The summed E-state index contributed by atoms with van der Waals surface area (Å²) in [5, 5.41) is -1.60. The highest BCUT2D eigenvalue weighted by molar-refractivity contribution is 6.70. The summed E-state index contributed by atoms with van der Waals surface area (Å²) in [5.74, 6) is 0. The lowest BCUT2D eigenvalue weighted by Crippen LogP contribution is -2.29. The molecule has 0 aliphatic carbocycles. The molecule has 0 fully saturated rings. The summed E-state index contributed by atoms with van der Waals surface area (Å²) in [6.07, 6.45) is 6.50. The van der Waals surface area contributed by atoms with Crippen molar-refractivity contribution >= 4 is 33.9 Å². The molecule has 0 aliphatic rings. The maximum absolute atomic E-state index is 10.7. The van der Waals surface area contributed by atoms with Gasteiger partial charge in [0.2, 0.25) is 0 Å². The van der Waals surface area contributed by atoms with Crippen LogP contribution in [0.5, 0.6) is 0 Å². The predicted molar refractivity (Wildman–Crippen MR) is 62.6 cm³/mol. The Morgan fingerprint density at radius 2 is 1.40 bits per heavy atom. The quantitative estimate of drug-likeness (QED) is 0.384. The minimum Gasteiger partial charge on any atom is -0.255 e. The second-order valence-electron chi connectivity index (χ2n) is 3.43. The lowest BCUT2D eigenvalue weighted by molar-refractivity contribution is 0.213. The lowest BCUT2D eigenvalue weighted by Gasteiger charge is -2.13. The van der Waals surface area contributed by atoms with E-state index in [-0.39, 0.29) is 0 Å². The van der Waals surface area contributed by atoms with E-state index in [2.05, 4.69) is 6.92 Å². The summed E-state index contributed by atoms with van der Waals surface area (Å²) >= 11 is 10.4. The van der Waals surface area contributed by atoms with Gasteiger partial charge in [0.25, 0.3) is 0 Å². The summed E-state index contributed by atoms with van der Waals surface area (Å²) in [6, 6.07) is 0. The van der Waals surface area contributed by atoms with E-state index >= 15 is 0 Å². The third-order valence-corrected chi connectivity index (χ3v) is 2.57. The predicted octanol–water partition coefficient (Wildman–Crippen LogP) is 4.37. The second kappa shape index (κ2) is 8.98. The highest BCUT2D eigenvalue weighted by Crippen LogP contribution is 2.08. The summed E-state index contributed by atoms with van der Waals surface area (Å²) in [4.78, 5) is 22.3. The number of carbonyl (C=O) groups excluding carboxylic acids is 2. The van der Waals surface area contributed by atoms with E-state index in [0.29, 0.717) is 6.54 Å². The summed E-state index contributed by atoms with van der Waals surface area (Å²) < 4.78 is 0. The van der Waals surface area contributed by atoms with Gasteiger partial charge in [0, 0.05) is 6.54 Å². The van der Waals surface area contributed by atoms with Crippen LogP contribution in [-0.2, 0) is 0 Å². The molecule has 0 aliphatic heterocycles. The van der Waals surface area contributed by atoms with Gasteiger partial charge in [-0.25, -0.2) is 0 Å². The van der Waals surface area contributed by atoms with E-state index in [9.17, 15) is 9.59 Å². The second-order valence-corrected chi connectivity index (χ2v) is 4.07. The van der Waals surface area contributed by atoms with Crippen LogP contribution < -0.4 is 0 Å². The van der Waals surface area contributed by atoms with E-state index < -0.39 is 10.7 Å². The van der Waals surface area contributed by atoms with Crippen molar-refractivity contribution in [3.63, 3.8) is 0 Å². The summed E-state index contributed by atoms with van der Waals surface area (Å²) in [6.45, 7) is 2.47. The van der Waals surface area contributed by atoms with Gasteiger partial charge in [0.15, 0.2) is 0 Å². The number of halogens is 2. The summed E-state index contributed by atoms with van der Waals surface area (Å²) in [5.41, 5.74) is 0. The van der Waals surface area contributed by atoms with Gasteiger partial charge in [-0.15, -0.1) is 0 Å². The van der Waals surface area contributed by atoms with Gasteiger partial charge in [0.1, 0.15) is 0 Å². The maximum Gasteiger partial charge on any atom is 0.323 e. The molecule has 0 saturated heterocycles. The SMILES string of the molecule is CCCCCCCCN(C(=O)Cl)C(=O)Cl. The van der Waals surface area contributed by atoms with E-state index in [4.69, 9.17) is 23.2 Å². The molecule has 0 saturated carbocycles. The Bertz CT molecular complexity index is 196. The smallest absolute Gasteiger partial charge is 0.255 e. The zero-order valence-electron chi connectivity index (χ0n) is 8.97. The van der Waals surface area contributed by atoms with E-state index in [1.54, 1.807) is 0 Å². The molecule has 0 atom stereocenters. The Morgan fingerprint density at radius 3 is 1.87 bits per heavy atom. The fraction of sp³-hybridized carbons (Fsp3) is 0.800. The van der Waals surface area contributed by atoms with Gasteiger partial charge in [-0.2, -0.15) is 0 Å². The molecule has 5 heteroatoms. The lowest BCUT2D eigenvalue weighted by atomic mass is 10.1. The highest BCUT2D eigenvalue weighted by Gasteiger charge is 2.16. The van der Waals surface area contributed by atoms with Crippen molar-refractivity contribution < 1.29 is 9.59 Å². The summed E-state index contributed by atoms with van der Waals surface area (Å²) in [7, 11) is 0. The van der Waals surface area contributed by atoms with Crippen LogP contribution in [-0.4, -0.2) is 22.2 Å². The molecular weight excluding hydrogens is 237 g/mol. The zero-order chi connectivity index (χ0) is 11.7. The normalized spacial score (nSPS) is 10.1. The fourth-order valence-electron chi connectivity index (χ4n) is 1.30. The number of imide groups is 1. The Morgan fingerprint density at radius 1 is 0.933 bits per heavy atom. The van der Waals surface area contributed by atoms with Gasteiger partial charge in [-0.05, 0) is 29.6 Å². The largest absolute Gasteiger partial charge is 0.323 e. The van der Waals surface area contributed by atoms with Crippen molar-refractivity contribution in [2.45, 2.75) is 45.4 Å². The van der Waals surface area contributed by atoms with Crippen LogP contribution in [0.4, 0.5) is 9.59 Å². The minimum absolute atomic E-state index is 0.316. The third kappa shape index (κ3) is 7.63. The van der Waals surface area contributed by atoms with E-state index in [1.165, 1.54) is 19.3 Å². The molecule has 15 heavy (non-hydrogen) atoms. The van der Waals surface area contributed by atoms with Crippen molar-refractivity contribution in [3.8, 4) is 0 Å². The first kappa shape index (κ1) is 14.7. The molecule has 0 N–H and O–H groups in total. The average Bonchev–Trinajstić information content (AvgIpc) is 2.15. The van der Waals surface area contributed by atoms with Crippen LogP contribution >= 0.6 is 23.2 Å². The van der Waals surface area contributed by atoms with Gasteiger partial charge in [-0.3, -0.25) is 14.5 Å². The Kier molecular flexibility index (Phi) is 8.82. The number of amides is 2. The molecule has 0 unspecified atom stereocenters. The number of unbranched alkanes of at least 4 members (excludes halogenated alkanes) is 5. The molecule has 0 aromatic carbocycles. The van der Waals surface area contributed by atoms with Crippen LogP contribution in [0.2, 0.25) is 0 Å². The molecule has 88 valence electrons. The molecule has 0 aromatic rings. The van der Waals surface area contributed by atoms with Crippen LogP contribution in [0.25, 0.3) is 0 Å². The van der Waals surface area contributed by atoms with Crippen molar-refractivity contribution in [1.82, 2.24) is 4.90 Å². The van der Waals surface area contributed by atoms with Crippen molar-refractivity contribution in [3.05, 3.63) is 0 Å². The first-order valence-electron chi connectivity index (χ1n) is 5.26. The maximum atomic E-state index is 10.7. The number of hydrogen-bond acceptors (Lipinski definition) is 2. The molecule has 0 heterocycles. The monoisotopic (exact) mass is 253 g/mol. The molecule has 2 amide bonds. The molecule has 0 rings (SSSR count). The average molecular weight is 254 g/mol. The van der Waals surface area contributed by atoms with Crippen molar-refractivity contribution in [2.75, 3.05) is 6.54 Å². The van der Waals surface area contributed by atoms with Crippen LogP contribution in [0.1, 0.15) is 45.4 Å². The van der Waals surface area contributed by atoms with Gasteiger partial charge in [-0.1, -0.05) is 39.0 Å². The van der Waals surface area contributed by atoms with Gasteiger partial charge in [0.05, 0.1) is 0 Å². The highest BCUT2D eigenvalue weighted by atomic mass is 35.5. The first-order chi connectivity index (χ1) is 7.09. The number of carbonyl (C=O) groups is 2. The van der Waals surface area contributed by atoms with Gasteiger partial charge >= 0.3 is 10.7 Å². The van der Waals surface area contributed by atoms with Gasteiger partial charge < -0.3 is 0 Å².